The van der Waals surface area contributed by atoms with E-state index in [1.807, 2.05) is 0 Å². The highest BCUT2D eigenvalue weighted by Crippen LogP contribution is 2.32. The van der Waals surface area contributed by atoms with E-state index in [0.717, 1.165) is 37.9 Å². The summed E-state index contributed by atoms with van der Waals surface area (Å²) in [7, 11) is 1.41. The Hall–Kier alpha value is -4.55. The summed E-state index contributed by atoms with van der Waals surface area (Å²) in [5.41, 5.74) is 6.73. The number of aryl methyl sites for hydroxylation is 1. The zero-order valence-corrected chi connectivity index (χ0v) is 21.8. The Balaban J connectivity index is 0.000000336. The van der Waals surface area contributed by atoms with E-state index in [1.165, 1.54) is 25.5 Å². The van der Waals surface area contributed by atoms with Crippen molar-refractivity contribution in [2.75, 3.05) is 25.9 Å². The molecule has 212 valence electrons. The number of likely N-dealkylation sites (tertiary alicyclic amines) is 1. The molecule has 2 heterocycles. The second kappa shape index (κ2) is 13.0. The Morgan fingerprint density at radius 1 is 1.12 bits per heavy atom. The molecule has 0 saturated carbocycles. The van der Waals surface area contributed by atoms with Crippen molar-refractivity contribution in [3.05, 3.63) is 88.8 Å². The summed E-state index contributed by atoms with van der Waals surface area (Å²) in [5, 5.41) is 8.33. The average molecular weight is 564 g/mol. The molecular formula is C27H26F5N5O3. The second-order valence-electron chi connectivity index (χ2n) is 8.83. The molecule has 0 spiro atoms. The molecule has 1 aliphatic heterocycles. The number of hydrogen-bond acceptors (Lipinski definition) is 7. The molecule has 0 radical (unpaired) electrons. The number of hydrogen-bond donors (Lipinski definition) is 2. The third-order valence-electron chi connectivity index (χ3n) is 5.97. The van der Waals surface area contributed by atoms with Gasteiger partial charge < -0.3 is 20.5 Å². The quantitative estimate of drug-likeness (QED) is 0.144. The minimum atomic E-state index is -1.74. The van der Waals surface area contributed by atoms with Crippen molar-refractivity contribution in [3.8, 4) is 11.5 Å². The molecule has 40 heavy (non-hydrogen) atoms. The van der Waals surface area contributed by atoms with E-state index in [-0.39, 0.29) is 29.1 Å². The van der Waals surface area contributed by atoms with Crippen LogP contribution in [0, 0.1) is 41.9 Å². The number of benzene rings is 2. The van der Waals surface area contributed by atoms with Crippen LogP contribution in [0.3, 0.4) is 0 Å². The van der Waals surface area contributed by atoms with E-state index >= 15 is 0 Å². The van der Waals surface area contributed by atoms with Crippen molar-refractivity contribution < 1.29 is 36.6 Å². The standard InChI is InChI=1S/C19H13F5N4O.C8H13NO2/c1-8-14(19(25)28-7-27-8)17(26-2)10-4-3-9(5-11(10)20)29-18-15(23)12(21)6-13(22)16(18)24;1-7-2-4-9(6-7)8(11)3-5-10/h3-7H,1-2H3,(H2,25,27,28);3,5,7,10H,2,4,6H2,1H3/b;5-3+. The van der Waals surface area contributed by atoms with Crippen molar-refractivity contribution in [2.45, 2.75) is 20.3 Å². The maximum atomic E-state index is 14.7. The Morgan fingerprint density at radius 3 is 2.33 bits per heavy atom. The molecular weight excluding hydrogens is 537 g/mol. The summed E-state index contributed by atoms with van der Waals surface area (Å²) >= 11 is 0. The number of aromatic nitrogens is 2. The Bertz CT molecular complexity index is 1420. The molecule has 3 N–H and O–H groups in total. The van der Waals surface area contributed by atoms with Gasteiger partial charge in [0.1, 0.15) is 23.7 Å². The summed E-state index contributed by atoms with van der Waals surface area (Å²) in [6.45, 7) is 5.40. The van der Waals surface area contributed by atoms with Gasteiger partial charge in [0.05, 0.1) is 23.2 Å². The maximum absolute atomic E-state index is 14.7. The molecule has 13 heteroatoms. The van der Waals surface area contributed by atoms with Crippen LogP contribution in [0.15, 0.2) is 47.9 Å². The number of anilines is 1. The van der Waals surface area contributed by atoms with Gasteiger partial charge in [0, 0.05) is 43.9 Å². The van der Waals surface area contributed by atoms with Crippen molar-refractivity contribution in [1.82, 2.24) is 14.9 Å². The summed E-state index contributed by atoms with van der Waals surface area (Å²) in [6, 6.07) is 3.20. The van der Waals surface area contributed by atoms with Crippen molar-refractivity contribution in [1.29, 1.82) is 0 Å². The predicted molar refractivity (Wildman–Crippen MR) is 138 cm³/mol. The number of halogens is 5. The largest absolute Gasteiger partial charge is 0.515 e. The number of ether oxygens (including phenoxy) is 1. The fourth-order valence-electron chi connectivity index (χ4n) is 3.97. The van der Waals surface area contributed by atoms with Crippen LogP contribution < -0.4 is 10.5 Å². The highest BCUT2D eigenvalue weighted by Gasteiger charge is 2.23. The fraction of sp³-hybridized carbons (Fsp3) is 0.259. The lowest BCUT2D eigenvalue weighted by atomic mass is 10.0. The summed E-state index contributed by atoms with van der Waals surface area (Å²) in [6.07, 6.45) is 4.31. The lowest BCUT2D eigenvalue weighted by Gasteiger charge is -2.13. The lowest BCUT2D eigenvalue weighted by Crippen LogP contribution is -2.26. The van der Waals surface area contributed by atoms with Gasteiger partial charge in [-0.3, -0.25) is 9.79 Å². The highest BCUT2D eigenvalue weighted by atomic mass is 19.2. The van der Waals surface area contributed by atoms with Gasteiger partial charge in [-0.05, 0) is 31.4 Å². The van der Waals surface area contributed by atoms with Crippen LogP contribution in [0.2, 0.25) is 0 Å². The number of nitrogens with zero attached hydrogens (tertiary/aromatic N) is 4. The third kappa shape index (κ3) is 6.71. The summed E-state index contributed by atoms with van der Waals surface area (Å²) in [5.74, 6) is -8.78. The number of carbonyl (C=O) groups is 1. The Morgan fingerprint density at radius 2 is 1.80 bits per heavy atom. The van der Waals surface area contributed by atoms with Gasteiger partial charge in [0.2, 0.25) is 23.3 Å². The topological polar surface area (TPSA) is 114 Å². The number of aliphatic hydroxyl groups excluding tert-OH is 1. The van der Waals surface area contributed by atoms with Gasteiger partial charge in [0.25, 0.3) is 0 Å². The van der Waals surface area contributed by atoms with Gasteiger partial charge in [0.15, 0.2) is 11.6 Å². The normalized spacial score (nSPS) is 15.2. The van der Waals surface area contributed by atoms with Crippen molar-refractivity contribution in [3.63, 3.8) is 0 Å². The first-order valence-electron chi connectivity index (χ1n) is 11.9. The molecule has 1 saturated heterocycles. The van der Waals surface area contributed by atoms with Crippen molar-refractivity contribution >= 4 is 17.4 Å². The fourth-order valence-corrected chi connectivity index (χ4v) is 3.97. The monoisotopic (exact) mass is 563 g/mol. The van der Waals surface area contributed by atoms with Gasteiger partial charge in [-0.1, -0.05) is 6.92 Å². The molecule has 1 aromatic heterocycles. The molecule has 0 aliphatic carbocycles. The number of nitrogen functional groups attached to an aromatic ring is 1. The molecule has 0 bridgehead atoms. The highest BCUT2D eigenvalue weighted by molar-refractivity contribution is 6.16. The molecule has 1 amide bonds. The molecule has 4 rings (SSSR count). The average Bonchev–Trinajstić information content (AvgIpc) is 3.35. The van der Waals surface area contributed by atoms with Crippen LogP contribution in [0.4, 0.5) is 27.8 Å². The van der Waals surface area contributed by atoms with E-state index < -0.39 is 40.6 Å². The molecule has 1 fully saturated rings. The zero-order chi connectivity index (χ0) is 29.6. The second-order valence-corrected chi connectivity index (χ2v) is 8.83. The van der Waals surface area contributed by atoms with E-state index in [0.29, 0.717) is 17.2 Å². The summed E-state index contributed by atoms with van der Waals surface area (Å²) in [4.78, 5) is 24.7. The van der Waals surface area contributed by atoms with Crippen LogP contribution in [-0.4, -0.2) is 51.7 Å². The molecule has 3 aromatic rings. The zero-order valence-electron chi connectivity index (χ0n) is 21.8. The number of rotatable bonds is 5. The molecule has 1 aliphatic rings. The Labute approximate surface area is 226 Å². The smallest absolute Gasteiger partial charge is 0.249 e. The van der Waals surface area contributed by atoms with Crippen LogP contribution in [-0.2, 0) is 4.79 Å². The number of amides is 1. The van der Waals surface area contributed by atoms with Gasteiger partial charge in [-0.2, -0.15) is 8.78 Å². The van der Waals surface area contributed by atoms with E-state index in [2.05, 4.69) is 21.9 Å². The van der Waals surface area contributed by atoms with Crippen molar-refractivity contribution in [2.24, 2.45) is 10.9 Å². The lowest BCUT2D eigenvalue weighted by molar-refractivity contribution is -0.125. The number of aliphatic imine (C=N–C) groups is 1. The van der Waals surface area contributed by atoms with E-state index in [1.54, 1.807) is 11.8 Å². The molecule has 1 atom stereocenters. The molecule has 2 aromatic carbocycles. The number of aliphatic hydroxyl groups is 1. The van der Waals surface area contributed by atoms with Gasteiger partial charge in [-0.15, -0.1) is 0 Å². The van der Waals surface area contributed by atoms with Crippen LogP contribution >= 0.6 is 0 Å². The number of carbonyl (C=O) groups excluding carboxylic acids is 1. The van der Waals surface area contributed by atoms with Crippen LogP contribution in [0.1, 0.15) is 30.2 Å². The third-order valence-corrected chi connectivity index (χ3v) is 5.97. The van der Waals surface area contributed by atoms with Crippen LogP contribution in [0.5, 0.6) is 11.5 Å². The van der Waals surface area contributed by atoms with E-state index in [4.69, 9.17) is 15.6 Å². The minimum absolute atomic E-state index is 0.0178. The SMILES string of the molecule is CC1CCN(C(=O)/C=C/O)C1.CN=C(c1ccc(Oc2c(F)c(F)cc(F)c2F)cc1F)c1c(C)ncnc1N. The maximum Gasteiger partial charge on any atom is 0.249 e. The summed E-state index contributed by atoms with van der Waals surface area (Å²) < 4.78 is 73.7. The first-order chi connectivity index (χ1) is 19.0. The van der Waals surface area contributed by atoms with Crippen LogP contribution in [0.25, 0.3) is 0 Å². The van der Waals surface area contributed by atoms with Gasteiger partial charge in [-0.25, -0.2) is 23.1 Å². The number of nitrogens with two attached hydrogens (primary N) is 1. The first-order valence-corrected chi connectivity index (χ1v) is 11.9. The van der Waals surface area contributed by atoms with Gasteiger partial charge >= 0.3 is 0 Å². The van der Waals surface area contributed by atoms with E-state index in [9.17, 15) is 26.7 Å². The molecule has 8 nitrogen and oxygen atoms in total. The minimum Gasteiger partial charge on any atom is -0.515 e. The first kappa shape index (κ1) is 30.0. The molecule has 1 unspecified atom stereocenters. The predicted octanol–water partition coefficient (Wildman–Crippen LogP) is 5.25. The Kier molecular flexibility index (Phi) is 9.75.